The molecule has 0 aromatic heterocycles. The Morgan fingerprint density at radius 3 is 2.00 bits per heavy atom. The minimum atomic E-state index is -0.392. The average Bonchev–Trinajstić information content (AvgIpc) is 3.06. The molecular formula is C14H11NO4. The predicted octanol–water partition coefficient (Wildman–Crippen LogP) is 0.835. The summed E-state index contributed by atoms with van der Waals surface area (Å²) in [6.45, 7) is 0. The number of aromatic hydroxyl groups is 1. The van der Waals surface area contributed by atoms with Crippen LogP contribution in [0.15, 0.2) is 36.4 Å². The highest BCUT2D eigenvalue weighted by molar-refractivity contribution is 6.23. The lowest BCUT2D eigenvalue weighted by atomic mass is 9.85. The number of carbonyl (C=O) groups is 2. The highest BCUT2D eigenvalue weighted by atomic mass is 16.5. The molecule has 0 aliphatic carbocycles. The van der Waals surface area contributed by atoms with Crippen LogP contribution >= 0.6 is 0 Å². The topological polar surface area (TPSA) is 66.8 Å². The zero-order valence-electron chi connectivity index (χ0n) is 9.89. The van der Waals surface area contributed by atoms with Crippen molar-refractivity contribution in [3.8, 4) is 5.75 Å². The fraction of sp³-hybridized carbons (Fsp3) is 0.286. The van der Waals surface area contributed by atoms with Crippen LogP contribution in [0.25, 0.3) is 0 Å². The first-order valence-electron chi connectivity index (χ1n) is 6.17. The van der Waals surface area contributed by atoms with Gasteiger partial charge in [0.05, 0.1) is 29.7 Å². The van der Waals surface area contributed by atoms with E-state index in [0.717, 1.165) is 0 Å². The van der Waals surface area contributed by atoms with Gasteiger partial charge in [0.2, 0.25) is 11.8 Å². The summed E-state index contributed by atoms with van der Waals surface area (Å²) in [6.07, 6.45) is 3.18. The number of hydrogen-bond donors (Lipinski definition) is 1. The first-order chi connectivity index (χ1) is 9.16. The summed E-state index contributed by atoms with van der Waals surface area (Å²) < 4.78 is 5.56. The Hall–Kier alpha value is -2.14. The standard InChI is InChI=1S/C14H11NO4/c16-8-3-1-7(2-4-8)15-13(17)11-9-5-6-10(19-9)12(11)14(15)18/h1-6,9-12,16H/t9-,10+,11+,12-. The molecule has 4 atom stereocenters. The van der Waals surface area contributed by atoms with Crippen molar-refractivity contribution in [1.82, 2.24) is 0 Å². The number of nitrogens with zero attached hydrogens (tertiary/aromatic N) is 1. The number of carbonyl (C=O) groups excluding carboxylic acids is 2. The predicted molar refractivity (Wildman–Crippen MR) is 65.4 cm³/mol. The van der Waals surface area contributed by atoms with E-state index < -0.39 is 11.8 Å². The van der Waals surface area contributed by atoms with Crippen LogP contribution in [0.5, 0.6) is 5.75 Å². The first-order valence-corrected chi connectivity index (χ1v) is 6.17. The number of phenols is 1. The minimum absolute atomic E-state index is 0.105. The summed E-state index contributed by atoms with van der Waals surface area (Å²) in [5, 5.41) is 9.27. The van der Waals surface area contributed by atoms with Gasteiger partial charge in [0.1, 0.15) is 5.75 Å². The number of benzene rings is 1. The van der Waals surface area contributed by atoms with Gasteiger partial charge in [-0.3, -0.25) is 9.59 Å². The molecule has 2 bridgehead atoms. The van der Waals surface area contributed by atoms with Crippen LogP contribution in [0, 0.1) is 11.8 Å². The van der Waals surface area contributed by atoms with Gasteiger partial charge in [-0.2, -0.15) is 0 Å². The number of rotatable bonds is 1. The van der Waals surface area contributed by atoms with Crippen molar-refractivity contribution in [3.63, 3.8) is 0 Å². The lowest BCUT2D eigenvalue weighted by Gasteiger charge is -2.17. The van der Waals surface area contributed by atoms with Crippen molar-refractivity contribution in [2.24, 2.45) is 11.8 Å². The Morgan fingerprint density at radius 2 is 1.47 bits per heavy atom. The van der Waals surface area contributed by atoms with Gasteiger partial charge in [0.25, 0.3) is 0 Å². The van der Waals surface area contributed by atoms with Crippen molar-refractivity contribution in [3.05, 3.63) is 36.4 Å². The van der Waals surface area contributed by atoms with E-state index >= 15 is 0 Å². The molecular weight excluding hydrogens is 246 g/mol. The van der Waals surface area contributed by atoms with Crippen molar-refractivity contribution in [1.29, 1.82) is 0 Å². The second-order valence-corrected chi connectivity index (χ2v) is 5.03. The Kier molecular flexibility index (Phi) is 1.95. The van der Waals surface area contributed by atoms with Crippen molar-refractivity contribution in [2.45, 2.75) is 12.2 Å². The van der Waals surface area contributed by atoms with Crippen LogP contribution in [0.2, 0.25) is 0 Å². The van der Waals surface area contributed by atoms with Crippen molar-refractivity contribution in [2.75, 3.05) is 4.90 Å². The lowest BCUT2D eigenvalue weighted by molar-refractivity contribution is -0.124. The fourth-order valence-corrected chi connectivity index (χ4v) is 3.16. The summed E-state index contributed by atoms with van der Waals surface area (Å²) in [5.74, 6) is -1.10. The van der Waals surface area contributed by atoms with Gasteiger partial charge in [-0.15, -0.1) is 0 Å². The number of imide groups is 1. The molecule has 2 saturated heterocycles. The molecule has 4 rings (SSSR count). The zero-order chi connectivity index (χ0) is 13.1. The Labute approximate surface area is 109 Å². The van der Waals surface area contributed by atoms with Crippen LogP contribution in [0.3, 0.4) is 0 Å². The molecule has 0 radical (unpaired) electrons. The summed E-state index contributed by atoms with van der Waals surface area (Å²) >= 11 is 0. The average molecular weight is 257 g/mol. The molecule has 2 fully saturated rings. The maximum Gasteiger partial charge on any atom is 0.240 e. The molecule has 1 aromatic carbocycles. The number of amides is 2. The van der Waals surface area contributed by atoms with Gasteiger partial charge < -0.3 is 9.84 Å². The van der Waals surface area contributed by atoms with Crippen molar-refractivity contribution >= 4 is 17.5 Å². The third-order valence-electron chi connectivity index (χ3n) is 4.02. The second kappa shape index (κ2) is 3.45. The van der Waals surface area contributed by atoms with Crippen LogP contribution in [0.1, 0.15) is 0 Å². The normalized spacial score (nSPS) is 35.3. The van der Waals surface area contributed by atoms with E-state index in [1.807, 2.05) is 12.2 Å². The molecule has 1 N–H and O–H groups in total. The SMILES string of the molecule is O=C1[C@@H]2[C@H](C(=O)N1c1ccc(O)cc1)[C@@H]1C=C[C@H]2O1. The molecule has 2 amide bonds. The monoisotopic (exact) mass is 257 g/mol. The third-order valence-corrected chi connectivity index (χ3v) is 4.02. The summed E-state index contributed by atoms with van der Waals surface area (Å²) in [5.41, 5.74) is 0.501. The van der Waals surface area contributed by atoms with E-state index in [1.54, 1.807) is 12.1 Å². The summed E-state index contributed by atoms with van der Waals surface area (Å²) in [7, 11) is 0. The molecule has 3 heterocycles. The van der Waals surface area contributed by atoms with Gasteiger partial charge in [-0.1, -0.05) is 12.2 Å². The van der Waals surface area contributed by atoms with Gasteiger partial charge in [0.15, 0.2) is 0 Å². The van der Waals surface area contributed by atoms with E-state index in [1.165, 1.54) is 17.0 Å². The molecule has 3 aliphatic rings. The van der Waals surface area contributed by atoms with Gasteiger partial charge >= 0.3 is 0 Å². The number of anilines is 1. The van der Waals surface area contributed by atoms with Crippen LogP contribution in [0.4, 0.5) is 5.69 Å². The minimum Gasteiger partial charge on any atom is -0.508 e. The highest BCUT2D eigenvalue weighted by Gasteiger charge is 2.60. The zero-order valence-corrected chi connectivity index (χ0v) is 9.89. The number of hydrogen-bond acceptors (Lipinski definition) is 4. The number of fused-ring (bicyclic) bond motifs is 5. The fourth-order valence-electron chi connectivity index (χ4n) is 3.16. The number of ether oxygens (including phenoxy) is 1. The quantitative estimate of drug-likeness (QED) is 0.598. The molecule has 0 unspecified atom stereocenters. The molecule has 5 heteroatoms. The highest BCUT2D eigenvalue weighted by Crippen LogP contribution is 2.46. The Morgan fingerprint density at radius 1 is 0.947 bits per heavy atom. The molecule has 96 valence electrons. The molecule has 0 saturated carbocycles. The molecule has 0 spiro atoms. The maximum atomic E-state index is 12.4. The second-order valence-electron chi connectivity index (χ2n) is 5.03. The summed E-state index contributed by atoms with van der Waals surface area (Å²) in [4.78, 5) is 26.0. The van der Waals surface area contributed by atoms with Gasteiger partial charge in [0, 0.05) is 0 Å². The Balaban J connectivity index is 1.74. The third kappa shape index (κ3) is 1.28. The van der Waals surface area contributed by atoms with E-state index in [9.17, 15) is 14.7 Å². The van der Waals surface area contributed by atoms with Crippen LogP contribution in [-0.4, -0.2) is 29.1 Å². The first kappa shape index (κ1) is 10.8. The van der Waals surface area contributed by atoms with Gasteiger partial charge in [-0.25, -0.2) is 4.90 Å². The van der Waals surface area contributed by atoms with Gasteiger partial charge in [-0.05, 0) is 24.3 Å². The Bertz CT molecular complexity index is 576. The lowest BCUT2D eigenvalue weighted by Crippen LogP contribution is -2.34. The van der Waals surface area contributed by atoms with E-state index in [4.69, 9.17) is 4.74 Å². The van der Waals surface area contributed by atoms with E-state index in [0.29, 0.717) is 5.69 Å². The van der Waals surface area contributed by atoms with E-state index in [2.05, 4.69) is 0 Å². The molecule has 5 nitrogen and oxygen atoms in total. The molecule has 19 heavy (non-hydrogen) atoms. The smallest absolute Gasteiger partial charge is 0.240 e. The van der Waals surface area contributed by atoms with Crippen LogP contribution in [-0.2, 0) is 14.3 Å². The molecule has 3 aliphatic heterocycles. The summed E-state index contributed by atoms with van der Waals surface area (Å²) in [6, 6.07) is 6.07. The molecule has 1 aromatic rings. The van der Waals surface area contributed by atoms with Crippen LogP contribution < -0.4 is 4.90 Å². The van der Waals surface area contributed by atoms with E-state index in [-0.39, 0.29) is 29.8 Å². The van der Waals surface area contributed by atoms with Crippen molar-refractivity contribution < 1.29 is 19.4 Å². The number of phenolic OH excluding ortho intramolecular Hbond substituents is 1. The largest absolute Gasteiger partial charge is 0.508 e. The maximum absolute atomic E-state index is 12.4.